The van der Waals surface area contributed by atoms with Crippen molar-refractivity contribution in [3.8, 4) is 11.5 Å². The fourth-order valence-corrected chi connectivity index (χ4v) is 4.32. The minimum atomic E-state index is -0.0376. The van der Waals surface area contributed by atoms with E-state index in [1.807, 2.05) is 51.2 Å². The predicted octanol–water partition coefficient (Wildman–Crippen LogP) is 8.96. The fourth-order valence-electron chi connectivity index (χ4n) is 4.32. The standard InChI is InChI=1S/C30H30O/c1-7-13-21-17-19-26-29(24(21)11-5)28(23(15-9-3)16-10-4)30-25(12-6)22(14-8-2)18-20-27(30)31-26/h7-20,28H,3,5-6H2,1-2,4H3/b13-7-,14-8-,16-10-,23-15+. The van der Waals surface area contributed by atoms with E-state index in [2.05, 4.69) is 74.4 Å². The van der Waals surface area contributed by atoms with Gasteiger partial charge in [-0.05, 0) is 60.7 Å². The summed E-state index contributed by atoms with van der Waals surface area (Å²) in [5.74, 6) is 1.67. The highest BCUT2D eigenvalue weighted by molar-refractivity contribution is 5.79. The second-order valence-corrected chi connectivity index (χ2v) is 7.31. The molecule has 0 fully saturated rings. The summed E-state index contributed by atoms with van der Waals surface area (Å²) in [6, 6.07) is 8.30. The molecule has 2 aromatic carbocycles. The van der Waals surface area contributed by atoms with Crippen molar-refractivity contribution in [1.29, 1.82) is 0 Å². The summed E-state index contributed by atoms with van der Waals surface area (Å²) in [5.41, 5.74) is 7.78. The third-order valence-corrected chi connectivity index (χ3v) is 5.46. The molecule has 0 aromatic heterocycles. The first-order valence-corrected chi connectivity index (χ1v) is 10.6. The third-order valence-electron chi connectivity index (χ3n) is 5.46. The lowest BCUT2D eigenvalue weighted by Gasteiger charge is -2.33. The van der Waals surface area contributed by atoms with Crippen LogP contribution in [0, 0.1) is 0 Å². The van der Waals surface area contributed by atoms with Crippen LogP contribution in [-0.2, 0) is 0 Å². The minimum Gasteiger partial charge on any atom is -0.457 e. The summed E-state index contributed by atoms with van der Waals surface area (Å²) in [7, 11) is 0. The predicted molar refractivity (Wildman–Crippen MR) is 137 cm³/mol. The van der Waals surface area contributed by atoms with Crippen LogP contribution in [0.25, 0.3) is 24.3 Å². The van der Waals surface area contributed by atoms with Gasteiger partial charge in [-0.3, -0.25) is 0 Å². The molecule has 0 N–H and O–H groups in total. The number of hydrogen-bond donors (Lipinski definition) is 0. The molecule has 31 heavy (non-hydrogen) atoms. The highest BCUT2D eigenvalue weighted by atomic mass is 16.5. The van der Waals surface area contributed by atoms with Crippen LogP contribution >= 0.6 is 0 Å². The molecule has 2 aromatic rings. The Hall–Kier alpha value is -3.58. The summed E-state index contributed by atoms with van der Waals surface area (Å²) in [4.78, 5) is 0. The van der Waals surface area contributed by atoms with Crippen LogP contribution in [0.5, 0.6) is 11.5 Å². The van der Waals surface area contributed by atoms with Gasteiger partial charge in [-0.2, -0.15) is 0 Å². The Bertz CT molecular complexity index is 1060. The van der Waals surface area contributed by atoms with Crippen molar-refractivity contribution in [3.05, 3.63) is 119 Å². The molecule has 0 radical (unpaired) electrons. The van der Waals surface area contributed by atoms with Crippen LogP contribution in [0.3, 0.4) is 0 Å². The first-order valence-electron chi connectivity index (χ1n) is 10.6. The number of rotatable bonds is 7. The highest BCUT2D eigenvalue weighted by Crippen LogP contribution is 2.52. The maximum Gasteiger partial charge on any atom is 0.132 e. The van der Waals surface area contributed by atoms with E-state index in [1.165, 1.54) is 0 Å². The van der Waals surface area contributed by atoms with Crippen molar-refractivity contribution >= 4 is 24.3 Å². The number of benzene rings is 2. The molecule has 156 valence electrons. The molecule has 0 saturated carbocycles. The van der Waals surface area contributed by atoms with Crippen molar-refractivity contribution in [2.45, 2.75) is 26.7 Å². The molecular formula is C30H30O. The zero-order valence-corrected chi connectivity index (χ0v) is 18.7. The second kappa shape index (κ2) is 9.95. The molecule has 1 heterocycles. The summed E-state index contributed by atoms with van der Waals surface area (Å²) >= 11 is 0. The van der Waals surface area contributed by atoms with Gasteiger partial charge in [-0.25, -0.2) is 0 Å². The Morgan fingerprint density at radius 1 is 0.774 bits per heavy atom. The van der Waals surface area contributed by atoms with Crippen LogP contribution in [0.1, 0.15) is 60.1 Å². The molecular weight excluding hydrogens is 376 g/mol. The SMILES string of the molecule is C=C/C=C(\C=C/C)C1c2c(ccc(/C=C\C)c2C=C)Oc2ccc(/C=C\C)c(C=C)c21. The van der Waals surface area contributed by atoms with Gasteiger partial charge in [0.15, 0.2) is 0 Å². The maximum atomic E-state index is 6.44. The van der Waals surface area contributed by atoms with Crippen molar-refractivity contribution in [3.63, 3.8) is 0 Å². The maximum absolute atomic E-state index is 6.44. The van der Waals surface area contributed by atoms with Gasteiger partial charge in [0.25, 0.3) is 0 Å². The van der Waals surface area contributed by atoms with Crippen molar-refractivity contribution in [2.75, 3.05) is 0 Å². The lowest BCUT2D eigenvalue weighted by atomic mass is 9.76. The smallest absolute Gasteiger partial charge is 0.132 e. The lowest BCUT2D eigenvalue weighted by molar-refractivity contribution is 0.452. The summed E-state index contributed by atoms with van der Waals surface area (Å²) < 4.78 is 6.44. The average Bonchev–Trinajstić information content (AvgIpc) is 2.78. The molecule has 0 atom stereocenters. The molecule has 1 aliphatic heterocycles. The largest absolute Gasteiger partial charge is 0.457 e. The number of fused-ring (bicyclic) bond motifs is 2. The molecule has 1 nitrogen and oxygen atoms in total. The molecule has 0 unspecified atom stereocenters. The Balaban J connectivity index is 2.48. The van der Waals surface area contributed by atoms with Crippen LogP contribution in [0.2, 0.25) is 0 Å². The van der Waals surface area contributed by atoms with E-state index in [0.29, 0.717) is 0 Å². The van der Waals surface area contributed by atoms with Gasteiger partial charge in [0.2, 0.25) is 0 Å². The quantitative estimate of drug-likeness (QED) is 0.417. The molecule has 0 bridgehead atoms. The van der Waals surface area contributed by atoms with E-state index >= 15 is 0 Å². The number of hydrogen-bond acceptors (Lipinski definition) is 1. The van der Waals surface area contributed by atoms with E-state index in [-0.39, 0.29) is 5.92 Å². The van der Waals surface area contributed by atoms with Gasteiger partial charge >= 0.3 is 0 Å². The van der Waals surface area contributed by atoms with Crippen LogP contribution in [-0.4, -0.2) is 0 Å². The second-order valence-electron chi connectivity index (χ2n) is 7.31. The number of allylic oxidation sites excluding steroid dienone is 7. The van der Waals surface area contributed by atoms with Gasteiger partial charge < -0.3 is 4.74 Å². The van der Waals surface area contributed by atoms with Gasteiger partial charge in [-0.15, -0.1) is 0 Å². The van der Waals surface area contributed by atoms with E-state index in [4.69, 9.17) is 4.74 Å². The topological polar surface area (TPSA) is 9.23 Å². The van der Waals surface area contributed by atoms with Crippen molar-refractivity contribution < 1.29 is 4.74 Å². The van der Waals surface area contributed by atoms with E-state index in [0.717, 1.165) is 50.5 Å². The van der Waals surface area contributed by atoms with Gasteiger partial charge in [0.1, 0.15) is 11.5 Å². The molecule has 3 rings (SSSR count). The van der Waals surface area contributed by atoms with E-state index in [9.17, 15) is 0 Å². The minimum absolute atomic E-state index is 0.0376. The van der Waals surface area contributed by atoms with Crippen LogP contribution in [0.4, 0.5) is 0 Å². The van der Waals surface area contributed by atoms with Crippen molar-refractivity contribution in [1.82, 2.24) is 0 Å². The van der Waals surface area contributed by atoms with Gasteiger partial charge in [0.05, 0.1) is 0 Å². The molecule has 0 spiro atoms. The van der Waals surface area contributed by atoms with E-state index < -0.39 is 0 Å². The van der Waals surface area contributed by atoms with Gasteiger partial charge in [0, 0.05) is 17.0 Å². The highest BCUT2D eigenvalue weighted by Gasteiger charge is 2.33. The zero-order valence-electron chi connectivity index (χ0n) is 18.7. The molecule has 0 saturated heterocycles. The van der Waals surface area contributed by atoms with Gasteiger partial charge in [-0.1, -0.05) is 92.6 Å². The third kappa shape index (κ3) is 4.04. The summed E-state index contributed by atoms with van der Waals surface area (Å²) in [6.45, 7) is 18.3. The molecule has 1 heteroatoms. The number of ether oxygens (including phenoxy) is 1. The lowest BCUT2D eigenvalue weighted by Crippen LogP contribution is -2.16. The Kier molecular flexibility index (Phi) is 7.10. The first-order chi connectivity index (χ1) is 15.1. The first kappa shape index (κ1) is 22.1. The fraction of sp³-hybridized carbons (Fsp3) is 0.133. The van der Waals surface area contributed by atoms with Crippen molar-refractivity contribution in [2.24, 2.45) is 0 Å². The molecule has 0 amide bonds. The van der Waals surface area contributed by atoms with E-state index in [1.54, 1.807) is 0 Å². The molecule has 0 aliphatic carbocycles. The average molecular weight is 407 g/mol. The zero-order chi connectivity index (χ0) is 22.4. The Morgan fingerprint density at radius 2 is 1.29 bits per heavy atom. The molecule has 1 aliphatic rings. The Morgan fingerprint density at radius 3 is 1.68 bits per heavy atom. The van der Waals surface area contributed by atoms with Crippen LogP contribution < -0.4 is 4.74 Å². The Labute approximate surface area is 186 Å². The summed E-state index contributed by atoms with van der Waals surface area (Å²) in [5, 5.41) is 0. The monoisotopic (exact) mass is 406 g/mol. The summed E-state index contributed by atoms with van der Waals surface area (Å²) in [6.07, 6.45) is 20.3. The normalized spacial score (nSPS) is 14.0. The van der Waals surface area contributed by atoms with Crippen LogP contribution in [0.15, 0.2) is 86.0 Å².